The molecule has 0 aliphatic heterocycles. The fraction of sp³-hybridized carbons (Fsp3) is 0. The van der Waals surface area contributed by atoms with Crippen LogP contribution in [0.1, 0.15) is 5.56 Å². The van der Waals surface area contributed by atoms with Crippen LogP contribution in [0.2, 0.25) is 0 Å². The Kier molecular flexibility index (Phi) is 3.79. The topological polar surface area (TPSA) is 53.1 Å². The van der Waals surface area contributed by atoms with E-state index in [1.54, 1.807) is 17.8 Å². The maximum absolute atomic E-state index is 10.6. The highest BCUT2D eigenvalue weighted by Gasteiger charge is 2.05. The number of hydrogen-bond donors (Lipinski definition) is 2. The second kappa shape index (κ2) is 5.89. The van der Waals surface area contributed by atoms with E-state index in [0.717, 1.165) is 26.9 Å². The van der Waals surface area contributed by atoms with E-state index >= 15 is 0 Å². The molecule has 2 N–H and O–H groups in total. The van der Waals surface area contributed by atoms with Crippen molar-refractivity contribution in [3.05, 3.63) is 66.4 Å². The van der Waals surface area contributed by atoms with Crippen LogP contribution in [-0.4, -0.2) is 16.1 Å². The predicted octanol–water partition coefficient (Wildman–Crippen LogP) is 4.42. The first-order valence-corrected chi connectivity index (χ1v) is 7.29. The molecule has 3 nitrogen and oxygen atoms in total. The van der Waals surface area contributed by atoms with Crippen LogP contribution >= 0.6 is 11.8 Å². The zero-order chi connectivity index (χ0) is 14.7. The number of carboxylic acids is 1. The fourth-order valence-electron chi connectivity index (χ4n) is 2.11. The Labute approximate surface area is 126 Å². The van der Waals surface area contributed by atoms with Crippen LogP contribution in [-0.2, 0) is 4.79 Å². The third kappa shape index (κ3) is 3.17. The molecule has 0 saturated carbocycles. The highest BCUT2D eigenvalue weighted by molar-refractivity contribution is 7.99. The van der Waals surface area contributed by atoms with Gasteiger partial charge >= 0.3 is 5.97 Å². The van der Waals surface area contributed by atoms with Crippen molar-refractivity contribution in [1.29, 1.82) is 0 Å². The quantitative estimate of drug-likeness (QED) is 0.701. The number of aromatic nitrogens is 1. The molecule has 1 heterocycles. The molecule has 0 spiro atoms. The van der Waals surface area contributed by atoms with Crippen molar-refractivity contribution in [1.82, 2.24) is 4.98 Å². The largest absolute Gasteiger partial charge is 0.478 e. The van der Waals surface area contributed by atoms with Gasteiger partial charge in [-0.1, -0.05) is 42.1 Å². The standard InChI is InChI=1S/C17H13NO2S/c19-17(20)9-8-12-4-3-5-13(10-12)21-16-11-18-15-7-2-1-6-14(15)16/h1-11,18H,(H,19,20)/b9-8+. The van der Waals surface area contributed by atoms with Gasteiger partial charge in [0, 0.05) is 33.0 Å². The summed E-state index contributed by atoms with van der Waals surface area (Å²) >= 11 is 1.66. The first-order chi connectivity index (χ1) is 10.2. The summed E-state index contributed by atoms with van der Waals surface area (Å²) in [6.07, 6.45) is 4.74. The number of benzene rings is 2. The third-order valence-electron chi connectivity index (χ3n) is 3.06. The number of fused-ring (bicyclic) bond motifs is 1. The van der Waals surface area contributed by atoms with Gasteiger partial charge in [0.05, 0.1) is 0 Å². The minimum Gasteiger partial charge on any atom is -0.478 e. The normalized spacial score (nSPS) is 11.2. The lowest BCUT2D eigenvalue weighted by atomic mass is 10.2. The van der Waals surface area contributed by atoms with Crippen LogP contribution in [0.3, 0.4) is 0 Å². The number of carboxylic acid groups (broad SMARTS) is 1. The Bertz CT molecular complexity index is 820. The van der Waals surface area contributed by atoms with Crippen molar-refractivity contribution >= 4 is 34.7 Å². The number of H-pyrrole nitrogens is 1. The summed E-state index contributed by atoms with van der Waals surface area (Å²) in [7, 11) is 0. The van der Waals surface area contributed by atoms with Gasteiger partial charge in [-0.3, -0.25) is 0 Å². The summed E-state index contributed by atoms with van der Waals surface area (Å²) in [6, 6.07) is 16.0. The van der Waals surface area contributed by atoms with Crippen LogP contribution < -0.4 is 0 Å². The second-order valence-electron chi connectivity index (χ2n) is 4.54. The summed E-state index contributed by atoms with van der Waals surface area (Å²) in [4.78, 5) is 16.0. The molecule has 0 unspecified atom stereocenters. The molecule has 0 aliphatic carbocycles. The molecule has 0 saturated heterocycles. The van der Waals surface area contributed by atoms with E-state index in [2.05, 4.69) is 11.1 Å². The number of rotatable bonds is 4. The highest BCUT2D eigenvalue weighted by atomic mass is 32.2. The number of hydrogen-bond acceptors (Lipinski definition) is 2. The van der Waals surface area contributed by atoms with Gasteiger partial charge in [0.15, 0.2) is 0 Å². The molecule has 104 valence electrons. The van der Waals surface area contributed by atoms with Crippen molar-refractivity contribution in [2.45, 2.75) is 9.79 Å². The molecule has 2 aromatic carbocycles. The van der Waals surface area contributed by atoms with E-state index in [1.165, 1.54) is 5.39 Å². The van der Waals surface area contributed by atoms with Gasteiger partial charge in [-0.15, -0.1) is 0 Å². The van der Waals surface area contributed by atoms with E-state index in [4.69, 9.17) is 5.11 Å². The monoisotopic (exact) mass is 295 g/mol. The lowest BCUT2D eigenvalue weighted by Crippen LogP contribution is -1.85. The Morgan fingerprint density at radius 3 is 2.86 bits per heavy atom. The minimum atomic E-state index is -0.940. The molecule has 4 heteroatoms. The van der Waals surface area contributed by atoms with E-state index in [1.807, 2.05) is 48.7 Å². The van der Waals surface area contributed by atoms with E-state index < -0.39 is 5.97 Å². The molecule has 0 fully saturated rings. The third-order valence-corrected chi connectivity index (χ3v) is 4.10. The van der Waals surface area contributed by atoms with Crippen LogP contribution in [0, 0.1) is 0 Å². The fourth-order valence-corrected chi connectivity index (χ4v) is 3.11. The summed E-state index contributed by atoms with van der Waals surface area (Å²) in [6.45, 7) is 0. The zero-order valence-corrected chi connectivity index (χ0v) is 11.9. The van der Waals surface area contributed by atoms with Gasteiger partial charge in [-0.25, -0.2) is 4.79 Å². The van der Waals surface area contributed by atoms with Crippen LogP contribution in [0.5, 0.6) is 0 Å². The Hall–Kier alpha value is -2.46. The molecule has 0 atom stereocenters. The van der Waals surface area contributed by atoms with Crippen LogP contribution in [0.15, 0.2) is 70.6 Å². The molecule has 21 heavy (non-hydrogen) atoms. The molecule has 0 radical (unpaired) electrons. The zero-order valence-electron chi connectivity index (χ0n) is 11.1. The van der Waals surface area contributed by atoms with Gasteiger partial charge in [-0.2, -0.15) is 0 Å². The molecule has 3 aromatic rings. The molecular formula is C17H13NO2S. The summed E-state index contributed by atoms with van der Waals surface area (Å²) < 4.78 is 0. The average molecular weight is 295 g/mol. The number of nitrogens with one attached hydrogen (secondary N) is 1. The smallest absolute Gasteiger partial charge is 0.328 e. The van der Waals surface area contributed by atoms with Gasteiger partial charge < -0.3 is 10.1 Å². The van der Waals surface area contributed by atoms with Gasteiger partial charge in [0.1, 0.15) is 0 Å². The van der Waals surface area contributed by atoms with Gasteiger partial charge in [0.25, 0.3) is 0 Å². The van der Waals surface area contributed by atoms with Crippen molar-refractivity contribution in [2.24, 2.45) is 0 Å². The molecule has 0 aliphatic rings. The van der Waals surface area contributed by atoms with Crippen molar-refractivity contribution in [2.75, 3.05) is 0 Å². The molecule has 0 amide bonds. The summed E-state index contributed by atoms with van der Waals surface area (Å²) in [5.74, 6) is -0.940. The average Bonchev–Trinajstić information content (AvgIpc) is 2.89. The van der Waals surface area contributed by atoms with Crippen molar-refractivity contribution < 1.29 is 9.90 Å². The predicted molar refractivity (Wildman–Crippen MR) is 85.5 cm³/mol. The number of para-hydroxylation sites is 1. The maximum Gasteiger partial charge on any atom is 0.328 e. The van der Waals surface area contributed by atoms with E-state index in [-0.39, 0.29) is 0 Å². The number of aliphatic carboxylic acids is 1. The number of aromatic amines is 1. The Balaban J connectivity index is 1.88. The molecule has 0 bridgehead atoms. The lowest BCUT2D eigenvalue weighted by Gasteiger charge is -2.01. The van der Waals surface area contributed by atoms with Gasteiger partial charge in [-0.05, 0) is 29.8 Å². The lowest BCUT2D eigenvalue weighted by molar-refractivity contribution is -0.131. The minimum absolute atomic E-state index is 0.877. The maximum atomic E-state index is 10.6. The highest BCUT2D eigenvalue weighted by Crippen LogP contribution is 2.33. The van der Waals surface area contributed by atoms with E-state index in [0.29, 0.717) is 0 Å². The Morgan fingerprint density at radius 1 is 1.14 bits per heavy atom. The second-order valence-corrected chi connectivity index (χ2v) is 5.66. The van der Waals surface area contributed by atoms with Gasteiger partial charge in [0.2, 0.25) is 0 Å². The first-order valence-electron chi connectivity index (χ1n) is 6.47. The first kappa shape index (κ1) is 13.5. The van der Waals surface area contributed by atoms with E-state index in [9.17, 15) is 4.79 Å². The number of carbonyl (C=O) groups is 1. The molecular weight excluding hydrogens is 282 g/mol. The Morgan fingerprint density at radius 2 is 2.00 bits per heavy atom. The molecule has 3 rings (SSSR count). The van der Waals surface area contributed by atoms with Crippen molar-refractivity contribution in [3.63, 3.8) is 0 Å². The van der Waals surface area contributed by atoms with Crippen molar-refractivity contribution in [3.8, 4) is 0 Å². The van der Waals surface area contributed by atoms with Crippen LogP contribution in [0.4, 0.5) is 0 Å². The summed E-state index contributed by atoms with van der Waals surface area (Å²) in [5, 5.41) is 9.86. The summed E-state index contributed by atoms with van der Waals surface area (Å²) in [5.41, 5.74) is 1.99. The van der Waals surface area contributed by atoms with Crippen LogP contribution in [0.25, 0.3) is 17.0 Å². The molecule has 1 aromatic heterocycles. The SMILES string of the molecule is O=C(O)/C=C/c1cccc(Sc2c[nH]c3ccccc23)c1.